The molecule has 0 radical (unpaired) electrons. The smallest absolute Gasteiger partial charge is 0.356 e. The number of hydrogen-bond donors (Lipinski definition) is 1. The van der Waals surface area contributed by atoms with Crippen LogP contribution in [-0.4, -0.2) is 18.5 Å². The fraction of sp³-hybridized carbons (Fsp3) is 0.294. The van der Waals surface area contributed by atoms with Crippen LogP contribution in [0.2, 0.25) is 0 Å². The van der Waals surface area contributed by atoms with Crippen LogP contribution in [-0.2, 0) is 19.1 Å². The summed E-state index contributed by atoms with van der Waals surface area (Å²) in [7, 11) is 2.09. The molecule has 0 saturated heterocycles. The molecular weight excluding hydrogens is 289 g/mol. The first-order valence-corrected chi connectivity index (χ1v) is 7.16. The molecule has 0 atom stereocenters. The zero-order valence-electron chi connectivity index (χ0n) is 12.2. The van der Waals surface area contributed by atoms with E-state index in [9.17, 15) is 13.2 Å². The van der Waals surface area contributed by atoms with Gasteiger partial charge < -0.3 is 10.2 Å². The Labute approximate surface area is 127 Å². The van der Waals surface area contributed by atoms with Gasteiger partial charge in [-0.05, 0) is 61.0 Å². The molecule has 0 aliphatic carbocycles. The van der Waals surface area contributed by atoms with Gasteiger partial charge in [-0.3, -0.25) is 0 Å². The molecule has 0 saturated carbocycles. The van der Waals surface area contributed by atoms with Gasteiger partial charge in [-0.1, -0.05) is 6.07 Å². The molecule has 0 unspecified atom stereocenters. The van der Waals surface area contributed by atoms with Crippen molar-refractivity contribution in [3.05, 3.63) is 59.2 Å². The highest BCUT2D eigenvalue weighted by Gasteiger charge is 2.29. The maximum absolute atomic E-state index is 12.5. The summed E-state index contributed by atoms with van der Waals surface area (Å²) in [5.74, 6) is 0. The molecule has 1 aliphatic rings. The minimum Gasteiger partial charge on any atom is -0.356 e. The zero-order valence-corrected chi connectivity index (χ0v) is 12.2. The van der Waals surface area contributed by atoms with E-state index in [4.69, 9.17) is 0 Å². The van der Waals surface area contributed by atoms with E-state index in [2.05, 4.69) is 29.4 Å². The second-order valence-corrected chi connectivity index (χ2v) is 5.67. The Balaban J connectivity index is 1.76. The van der Waals surface area contributed by atoms with Crippen LogP contribution in [0.3, 0.4) is 0 Å². The molecule has 0 bridgehead atoms. The lowest BCUT2D eigenvalue weighted by Crippen LogP contribution is -2.26. The summed E-state index contributed by atoms with van der Waals surface area (Å²) in [5, 5.41) is 3.16. The van der Waals surface area contributed by atoms with Crippen LogP contribution in [0.15, 0.2) is 42.5 Å². The Morgan fingerprint density at radius 3 is 2.32 bits per heavy atom. The van der Waals surface area contributed by atoms with Crippen molar-refractivity contribution in [2.75, 3.05) is 18.9 Å². The highest BCUT2D eigenvalue weighted by Crippen LogP contribution is 2.30. The molecule has 2 aromatic carbocycles. The number of hydrogen-bond acceptors (Lipinski definition) is 2. The molecule has 3 rings (SSSR count). The Hall–Kier alpha value is -2.01. The predicted octanol–water partition coefficient (Wildman–Crippen LogP) is 4.44. The van der Waals surface area contributed by atoms with E-state index in [0.29, 0.717) is 5.69 Å². The SMILES string of the molecule is CN1CCc2cc(Nc3ccc(C(F)(F)F)cc3)ccc2C1. The topological polar surface area (TPSA) is 15.3 Å². The van der Waals surface area contributed by atoms with Crippen LogP contribution in [0.5, 0.6) is 0 Å². The lowest BCUT2D eigenvalue weighted by molar-refractivity contribution is -0.137. The number of alkyl halides is 3. The summed E-state index contributed by atoms with van der Waals surface area (Å²) in [5.41, 5.74) is 3.54. The summed E-state index contributed by atoms with van der Waals surface area (Å²) >= 11 is 0. The molecule has 0 spiro atoms. The van der Waals surface area contributed by atoms with Crippen molar-refractivity contribution < 1.29 is 13.2 Å². The van der Waals surface area contributed by atoms with Crippen molar-refractivity contribution in [3.63, 3.8) is 0 Å². The number of halogens is 3. The van der Waals surface area contributed by atoms with E-state index in [1.54, 1.807) is 0 Å². The first kappa shape index (κ1) is 14.9. The van der Waals surface area contributed by atoms with Crippen LogP contribution < -0.4 is 5.32 Å². The van der Waals surface area contributed by atoms with Gasteiger partial charge in [-0.2, -0.15) is 13.2 Å². The number of rotatable bonds is 2. The lowest BCUT2D eigenvalue weighted by Gasteiger charge is -2.25. The summed E-state index contributed by atoms with van der Waals surface area (Å²) in [6.07, 6.45) is -3.30. The molecule has 116 valence electrons. The van der Waals surface area contributed by atoms with Gasteiger partial charge in [0.15, 0.2) is 0 Å². The number of fused-ring (bicyclic) bond motifs is 1. The summed E-state index contributed by atoms with van der Waals surface area (Å²) in [6.45, 7) is 1.96. The Bertz CT molecular complexity index is 663. The molecule has 2 nitrogen and oxygen atoms in total. The van der Waals surface area contributed by atoms with Crippen molar-refractivity contribution in [3.8, 4) is 0 Å². The van der Waals surface area contributed by atoms with Crippen molar-refractivity contribution in [1.82, 2.24) is 4.90 Å². The summed E-state index contributed by atoms with van der Waals surface area (Å²) in [6, 6.07) is 11.2. The van der Waals surface area contributed by atoms with E-state index < -0.39 is 11.7 Å². The third-order valence-electron chi connectivity index (χ3n) is 3.91. The van der Waals surface area contributed by atoms with Gasteiger partial charge in [0.1, 0.15) is 0 Å². The van der Waals surface area contributed by atoms with Crippen LogP contribution >= 0.6 is 0 Å². The van der Waals surface area contributed by atoms with E-state index in [1.165, 1.54) is 23.3 Å². The summed E-state index contributed by atoms with van der Waals surface area (Å²) < 4.78 is 37.6. The predicted molar refractivity (Wildman–Crippen MR) is 81.2 cm³/mol. The average Bonchev–Trinajstić information content (AvgIpc) is 2.47. The average molecular weight is 306 g/mol. The molecule has 1 heterocycles. The molecule has 1 N–H and O–H groups in total. The van der Waals surface area contributed by atoms with Crippen LogP contribution in [0.25, 0.3) is 0 Å². The third-order valence-corrected chi connectivity index (χ3v) is 3.91. The molecule has 1 aliphatic heterocycles. The van der Waals surface area contributed by atoms with Gasteiger partial charge in [0.05, 0.1) is 5.56 Å². The Morgan fingerprint density at radius 1 is 0.955 bits per heavy atom. The fourth-order valence-electron chi connectivity index (χ4n) is 2.68. The van der Waals surface area contributed by atoms with Gasteiger partial charge in [0, 0.05) is 24.5 Å². The minimum atomic E-state index is -4.30. The number of benzene rings is 2. The Kier molecular flexibility index (Phi) is 3.83. The standard InChI is InChI=1S/C17H17F3N2/c1-22-9-8-12-10-16(5-2-13(12)11-22)21-15-6-3-14(4-7-15)17(18,19)20/h2-7,10,21H,8-9,11H2,1H3. The van der Waals surface area contributed by atoms with Crippen molar-refractivity contribution in [2.24, 2.45) is 0 Å². The molecule has 0 amide bonds. The lowest BCUT2D eigenvalue weighted by atomic mass is 9.99. The number of nitrogens with one attached hydrogen (secondary N) is 1. The van der Waals surface area contributed by atoms with E-state index in [1.807, 2.05) is 6.07 Å². The highest BCUT2D eigenvalue weighted by atomic mass is 19.4. The Morgan fingerprint density at radius 2 is 1.64 bits per heavy atom. The quantitative estimate of drug-likeness (QED) is 0.882. The van der Waals surface area contributed by atoms with Gasteiger partial charge in [-0.25, -0.2) is 0 Å². The van der Waals surface area contributed by atoms with Crippen LogP contribution in [0.4, 0.5) is 24.5 Å². The van der Waals surface area contributed by atoms with Crippen LogP contribution in [0.1, 0.15) is 16.7 Å². The third kappa shape index (κ3) is 3.25. The van der Waals surface area contributed by atoms with Gasteiger partial charge in [0.2, 0.25) is 0 Å². The largest absolute Gasteiger partial charge is 0.416 e. The van der Waals surface area contributed by atoms with Crippen molar-refractivity contribution in [2.45, 2.75) is 19.1 Å². The van der Waals surface area contributed by atoms with Crippen molar-refractivity contribution >= 4 is 11.4 Å². The van der Waals surface area contributed by atoms with Gasteiger partial charge >= 0.3 is 6.18 Å². The minimum absolute atomic E-state index is 0.633. The van der Waals surface area contributed by atoms with Crippen molar-refractivity contribution in [1.29, 1.82) is 0 Å². The van der Waals surface area contributed by atoms with E-state index in [-0.39, 0.29) is 0 Å². The fourth-order valence-corrected chi connectivity index (χ4v) is 2.68. The van der Waals surface area contributed by atoms with Gasteiger partial charge in [-0.15, -0.1) is 0 Å². The first-order chi connectivity index (χ1) is 10.4. The molecule has 0 fully saturated rings. The molecular formula is C17H17F3N2. The van der Waals surface area contributed by atoms with E-state index >= 15 is 0 Å². The molecule has 2 aromatic rings. The maximum Gasteiger partial charge on any atom is 0.416 e. The number of likely N-dealkylation sites (N-methyl/N-ethyl adjacent to an activating group) is 1. The normalized spacial score (nSPS) is 15.5. The second kappa shape index (κ2) is 5.65. The van der Waals surface area contributed by atoms with E-state index in [0.717, 1.165) is 37.3 Å². The maximum atomic E-state index is 12.5. The van der Waals surface area contributed by atoms with Gasteiger partial charge in [0.25, 0.3) is 0 Å². The molecule has 5 heteroatoms. The number of nitrogens with zero attached hydrogens (tertiary/aromatic N) is 1. The zero-order chi connectivity index (χ0) is 15.7. The number of anilines is 2. The summed E-state index contributed by atoms with van der Waals surface area (Å²) in [4.78, 5) is 2.27. The molecule has 0 aromatic heterocycles. The van der Waals surface area contributed by atoms with Crippen LogP contribution in [0, 0.1) is 0 Å². The highest BCUT2D eigenvalue weighted by molar-refractivity contribution is 5.61. The first-order valence-electron chi connectivity index (χ1n) is 7.16. The molecule has 22 heavy (non-hydrogen) atoms. The monoisotopic (exact) mass is 306 g/mol. The second-order valence-electron chi connectivity index (χ2n) is 5.67.